The third-order valence-electron chi connectivity index (χ3n) is 4.13. The number of benzene rings is 1. The first-order valence-electron chi connectivity index (χ1n) is 8.27. The van der Waals surface area contributed by atoms with E-state index in [0.29, 0.717) is 17.2 Å². The van der Waals surface area contributed by atoms with E-state index < -0.39 is 0 Å². The van der Waals surface area contributed by atoms with Crippen molar-refractivity contribution < 1.29 is 5.11 Å². The highest BCUT2D eigenvalue weighted by Gasteiger charge is 2.10. The van der Waals surface area contributed by atoms with Crippen LogP contribution in [0.1, 0.15) is 16.8 Å². The molecule has 4 aromatic rings. The molecule has 3 aromatic heterocycles. The van der Waals surface area contributed by atoms with E-state index in [2.05, 4.69) is 20.2 Å². The highest BCUT2D eigenvalue weighted by atomic mass is 16.3. The van der Waals surface area contributed by atoms with Crippen molar-refractivity contribution in [2.24, 2.45) is 10.2 Å². The topological polar surface area (TPSA) is 75.1 Å². The highest BCUT2D eigenvalue weighted by molar-refractivity contribution is 5.59. The van der Waals surface area contributed by atoms with E-state index in [1.807, 2.05) is 43.3 Å². The summed E-state index contributed by atoms with van der Waals surface area (Å²) in [5.74, 6) is 0.731. The van der Waals surface area contributed by atoms with Gasteiger partial charge in [-0.05, 0) is 60.9 Å². The lowest BCUT2D eigenvalue weighted by atomic mass is 10.1. The molecule has 0 aliphatic carbocycles. The number of rotatable bonds is 4. The number of hydrogen-bond donors (Lipinski definition) is 1. The number of imidazole rings is 1. The number of aryl methyl sites for hydroxylation is 1. The molecular formula is C20H17N5O. The van der Waals surface area contributed by atoms with E-state index >= 15 is 0 Å². The second kappa shape index (κ2) is 6.76. The van der Waals surface area contributed by atoms with Crippen LogP contribution in [0.5, 0.6) is 5.75 Å². The third-order valence-corrected chi connectivity index (χ3v) is 4.13. The lowest BCUT2D eigenvalue weighted by Gasteiger charge is -2.02. The molecule has 0 saturated heterocycles. The minimum Gasteiger partial charge on any atom is -0.504 e. The second-order valence-electron chi connectivity index (χ2n) is 6.01. The largest absolute Gasteiger partial charge is 0.504 e. The summed E-state index contributed by atoms with van der Waals surface area (Å²) >= 11 is 0. The molecule has 0 atom stereocenters. The lowest BCUT2D eigenvalue weighted by molar-refractivity contribution is 0.477. The van der Waals surface area contributed by atoms with Crippen molar-refractivity contribution >= 4 is 17.2 Å². The van der Waals surface area contributed by atoms with Gasteiger partial charge in [0.15, 0.2) is 17.2 Å². The molecule has 1 aromatic carbocycles. The van der Waals surface area contributed by atoms with E-state index in [0.717, 1.165) is 12.1 Å². The first-order valence-corrected chi connectivity index (χ1v) is 8.27. The van der Waals surface area contributed by atoms with Gasteiger partial charge in [0.1, 0.15) is 0 Å². The van der Waals surface area contributed by atoms with Crippen molar-refractivity contribution in [3.63, 3.8) is 0 Å². The predicted molar refractivity (Wildman–Crippen MR) is 99.3 cm³/mol. The Hall–Kier alpha value is -3.54. The average molecular weight is 343 g/mol. The van der Waals surface area contributed by atoms with Crippen molar-refractivity contribution in [3.05, 3.63) is 83.9 Å². The number of hydrogen-bond acceptors (Lipinski definition) is 5. The van der Waals surface area contributed by atoms with Crippen LogP contribution in [0.3, 0.4) is 0 Å². The van der Waals surface area contributed by atoms with Crippen molar-refractivity contribution in [3.8, 4) is 5.75 Å². The molecule has 0 amide bonds. The Labute approximate surface area is 150 Å². The van der Waals surface area contributed by atoms with Crippen molar-refractivity contribution in [1.82, 2.24) is 14.4 Å². The maximum atomic E-state index is 9.89. The monoisotopic (exact) mass is 343 g/mol. The van der Waals surface area contributed by atoms with Crippen LogP contribution in [-0.4, -0.2) is 19.5 Å². The van der Waals surface area contributed by atoms with Gasteiger partial charge in [-0.2, -0.15) is 0 Å². The summed E-state index contributed by atoms with van der Waals surface area (Å²) in [5, 5.41) is 18.5. The number of aromatic hydroxyl groups is 1. The maximum absolute atomic E-state index is 9.89. The number of azo groups is 1. The molecule has 26 heavy (non-hydrogen) atoms. The number of aromatic nitrogens is 3. The van der Waals surface area contributed by atoms with E-state index in [-0.39, 0.29) is 5.75 Å². The second-order valence-corrected chi connectivity index (χ2v) is 6.01. The van der Waals surface area contributed by atoms with E-state index in [9.17, 15) is 5.11 Å². The van der Waals surface area contributed by atoms with Gasteiger partial charge in [-0.15, -0.1) is 10.2 Å². The van der Waals surface area contributed by atoms with Gasteiger partial charge >= 0.3 is 0 Å². The molecule has 4 rings (SSSR count). The molecule has 0 spiro atoms. The molecule has 1 N–H and O–H groups in total. The number of nitrogens with zero attached hydrogens (tertiary/aromatic N) is 5. The highest BCUT2D eigenvalue weighted by Crippen LogP contribution is 2.27. The molecule has 0 saturated carbocycles. The Morgan fingerprint density at radius 1 is 0.962 bits per heavy atom. The SMILES string of the molecule is Cc1nc2c(O)cccn2c1N=Nc1ccc(Cc2ccncc2)cc1. The molecule has 0 fully saturated rings. The normalized spacial score (nSPS) is 11.4. The zero-order chi connectivity index (χ0) is 17.9. The molecule has 0 unspecified atom stereocenters. The van der Waals surface area contributed by atoms with Crippen molar-refractivity contribution in [1.29, 1.82) is 0 Å². The van der Waals surface area contributed by atoms with Crippen LogP contribution in [0.4, 0.5) is 11.5 Å². The molecule has 3 heterocycles. The molecule has 6 nitrogen and oxygen atoms in total. The Kier molecular flexibility index (Phi) is 4.15. The predicted octanol–water partition coefficient (Wildman–Crippen LogP) is 4.75. The van der Waals surface area contributed by atoms with Gasteiger partial charge in [-0.1, -0.05) is 12.1 Å². The Bertz CT molecular complexity index is 1070. The molecular weight excluding hydrogens is 326 g/mol. The Morgan fingerprint density at radius 2 is 1.69 bits per heavy atom. The molecule has 0 aliphatic heterocycles. The smallest absolute Gasteiger partial charge is 0.182 e. The summed E-state index contributed by atoms with van der Waals surface area (Å²) in [6, 6.07) is 15.3. The van der Waals surface area contributed by atoms with Crippen LogP contribution in [0.15, 0.2) is 77.3 Å². The van der Waals surface area contributed by atoms with Crippen LogP contribution >= 0.6 is 0 Å². The van der Waals surface area contributed by atoms with Gasteiger partial charge in [-0.25, -0.2) is 4.98 Å². The lowest BCUT2D eigenvalue weighted by Crippen LogP contribution is -1.87. The quantitative estimate of drug-likeness (QED) is 0.543. The number of fused-ring (bicyclic) bond motifs is 1. The fourth-order valence-corrected chi connectivity index (χ4v) is 2.80. The fraction of sp³-hybridized carbons (Fsp3) is 0.100. The maximum Gasteiger partial charge on any atom is 0.182 e. The third kappa shape index (κ3) is 3.17. The molecule has 6 heteroatoms. The summed E-state index contributed by atoms with van der Waals surface area (Å²) in [6.45, 7) is 1.85. The zero-order valence-corrected chi connectivity index (χ0v) is 14.2. The Balaban J connectivity index is 1.56. The molecule has 0 bridgehead atoms. The van der Waals surface area contributed by atoms with Crippen LogP contribution < -0.4 is 0 Å². The van der Waals surface area contributed by atoms with Crippen LogP contribution in [-0.2, 0) is 6.42 Å². The van der Waals surface area contributed by atoms with Gasteiger partial charge < -0.3 is 5.11 Å². The Morgan fingerprint density at radius 3 is 2.46 bits per heavy atom. The first kappa shape index (κ1) is 16.0. The molecule has 0 radical (unpaired) electrons. The van der Waals surface area contributed by atoms with E-state index in [4.69, 9.17) is 0 Å². The van der Waals surface area contributed by atoms with Gasteiger partial charge in [0, 0.05) is 18.6 Å². The first-order chi connectivity index (χ1) is 12.7. The summed E-state index contributed by atoms with van der Waals surface area (Å²) < 4.78 is 1.73. The summed E-state index contributed by atoms with van der Waals surface area (Å²) in [6.07, 6.45) is 6.26. The van der Waals surface area contributed by atoms with Crippen LogP contribution in [0.25, 0.3) is 5.65 Å². The standard InChI is InChI=1S/C20H17N5O/c1-14-19(25-12-2-3-18(26)20(25)22-14)24-23-17-6-4-15(5-7-17)13-16-8-10-21-11-9-16/h2-12,26H,13H2,1H3. The fourth-order valence-electron chi connectivity index (χ4n) is 2.80. The van der Waals surface area contributed by atoms with Crippen LogP contribution in [0, 0.1) is 6.92 Å². The van der Waals surface area contributed by atoms with E-state index in [1.165, 1.54) is 11.1 Å². The van der Waals surface area contributed by atoms with Gasteiger partial charge in [0.2, 0.25) is 0 Å². The van der Waals surface area contributed by atoms with Gasteiger partial charge in [0.25, 0.3) is 0 Å². The minimum absolute atomic E-state index is 0.123. The zero-order valence-electron chi connectivity index (χ0n) is 14.2. The molecule has 0 aliphatic rings. The average Bonchev–Trinajstić information content (AvgIpc) is 2.99. The van der Waals surface area contributed by atoms with E-state index in [1.54, 1.807) is 35.1 Å². The van der Waals surface area contributed by atoms with Crippen molar-refractivity contribution in [2.45, 2.75) is 13.3 Å². The van der Waals surface area contributed by atoms with Gasteiger partial charge in [0.05, 0.1) is 11.4 Å². The van der Waals surface area contributed by atoms with Gasteiger partial charge in [-0.3, -0.25) is 9.38 Å². The van der Waals surface area contributed by atoms with Crippen LogP contribution in [0.2, 0.25) is 0 Å². The minimum atomic E-state index is 0.123. The summed E-state index contributed by atoms with van der Waals surface area (Å²) in [7, 11) is 0. The summed E-state index contributed by atoms with van der Waals surface area (Å²) in [4.78, 5) is 8.37. The van der Waals surface area contributed by atoms with Crippen molar-refractivity contribution in [2.75, 3.05) is 0 Å². The number of pyridine rings is 2. The summed E-state index contributed by atoms with van der Waals surface area (Å²) in [5.41, 5.74) is 4.37. The molecule has 128 valence electrons.